The van der Waals surface area contributed by atoms with Crippen molar-refractivity contribution in [1.29, 1.82) is 0 Å². The quantitative estimate of drug-likeness (QED) is 0.604. The number of halogens is 7. The molecule has 0 rings (SSSR count). The summed E-state index contributed by atoms with van der Waals surface area (Å²) in [7, 11) is 0. The maximum Gasteiger partial charge on any atom is 0.268 e. The first kappa shape index (κ1) is 12.4. The van der Waals surface area contributed by atoms with Gasteiger partial charge in [0.2, 0.25) is 3.79 Å². The molecular weight excluding hydrogens is 352 g/mol. The largest absolute Gasteiger partial charge is 0.268 e. The molecule has 0 N–H and O–H groups in total. The van der Waals surface area contributed by atoms with Crippen LogP contribution >= 0.6 is 66.7 Å². The molecule has 0 bridgehead atoms. The minimum absolute atomic E-state index is 0.458. The summed E-state index contributed by atoms with van der Waals surface area (Å²) in [6.45, 7) is 0. The molecule has 7 heteroatoms. The SMILES string of the molecule is FC(F)=CC(Br)(Br)C(Cl)(Cl)Cl. The lowest BCUT2D eigenvalue weighted by molar-refractivity contribution is 0.417. The minimum Gasteiger partial charge on any atom is -0.174 e. The summed E-state index contributed by atoms with van der Waals surface area (Å²) >= 11 is 21.5. The van der Waals surface area contributed by atoms with Gasteiger partial charge < -0.3 is 0 Å². The first-order valence-electron chi connectivity index (χ1n) is 2.15. The van der Waals surface area contributed by atoms with E-state index in [9.17, 15) is 8.78 Å². The highest BCUT2D eigenvalue weighted by Crippen LogP contribution is 2.50. The molecular formula is C4HBr2Cl3F2. The van der Waals surface area contributed by atoms with Crippen molar-refractivity contribution >= 4 is 66.7 Å². The van der Waals surface area contributed by atoms with Gasteiger partial charge in [-0.15, -0.1) is 0 Å². The van der Waals surface area contributed by atoms with Crippen LogP contribution in [0.3, 0.4) is 0 Å². The number of allylic oxidation sites excluding steroid dienone is 1. The van der Waals surface area contributed by atoms with Crippen LogP contribution < -0.4 is 0 Å². The van der Waals surface area contributed by atoms with E-state index in [0.29, 0.717) is 6.08 Å². The average molecular weight is 353 g/mol. The first-order valence-corrected chi connectivity index (χ1v) is 4.87. The Morgan fingerprint density at radius 2 is 1.55 bits per heavy atom. The molecule has 0 nitrogen and oxygen atoms in total. The van der Waals surface area contributed by atoms with Crippen LogP contribution in [0.4, 0.5) is 8.78 Å². The highest BCUT2D eigenvalue weighted by atomic mass is 79.9. The van der Waals surface area contributed by atoms with Crippen LogP contribution in [-0.2, 0) is 0 Å². The van der Waals surface area contributed by atoms with Crippen LogP contribution in [-0.4, -0.2) is 7.03 Å². The summed E-state index contributed by atoms with van der Waals surface area (Å²) in [5.74, 6) is 0. The van der Waals surface area contributed by atoms with Crippen LogP contribution in [0.5, 0.6) is 0 Å². The van der Waals surface area contributed by atoms with E-state index < -0.39 is 13.1 Å². The fourth-order valence-electron chi connectivity index (χ4n) is 0.219. The predicted octanol–water partition coefficient (Wildman–Crippen LogP) is 4.62. The van der Waals surface area contributed by atoms with Crippen molar-refractivity contribution < 1.29 is 8.78 Å². The second-order valence-electron chi connectivity index (χ2n) is 1.55. The van der Waals surface area contributed by atoms with E-state index >= 15 is 0 Å². The predicted molar refractivity (Wildman–Crippen MR) is 51.2 cm³/mol. The summed E-state index contributed by atoms with van der Waals surface area (Å²) in [5.41, 5.74) is 0. The van der Waals surface area contributed by atoms with Gasteiger partial charge in [-0.25, -0.2) is 0 Å². The number of alkyl halides is 5. The molecule has 0 aromatic carbocycles. The molecule has 0 amide bonds. The molecule has 0 atom stereocenters. The van der Waals surface area contributed by atoms with Gasteiger partial charge >= 0.3 is 0 Å². The van der Waals surface area contributed by atoms with Gasteiger partial charge in [-0.3, -0.25) is 0 Å². The Labute approximate surface area is 94.1 Å². The maximum atomic E-state index is 11.7. The number of rotatable bonds is 1. The summed E-state index contributed by atoms with van der Waals surface area (Å²) in [6, 6.07) is 0. The summed E-state index contributed by atoms with van der Waals surface area (Å²) in [4.78, 5) is 0. The van der Waals surface area contributed by atoms with E-state index in [1.165, 1.54) is 0 Å². The Bertz CT molecular complexity index is 171. The topological polar surface area (TPSA) is 0 Å². The molecule has 0 saturated heterocycles. The average Bonchev–Trinajstić information content (AvgIpc) is 1.56. The Morgan fingerprint density at radius 3 is 1.64 bits per heavy atom. The maximum absolute atomic E-state index is 11.7. The molecule has 0 saturated carbocycles. The van der Waals surface area contributed by atoms with E-state index in [1.807, 2.05) is 0 Å². The third-order valence-corrected chi connectivity index (χ3v) is 4.58. The van der Waals surface area contributed by atoms with Crippen molar-refractivity contribution in [2.24, 2.45) is 0 Å². The van der Waals surface area contributed by atoms with Gasteiger partial charge in [0.05, 0.1) is 0 Å². The smallest absolute Gasteiger partial charge is 0.174 e. The van der Waals surface area contributed by atoms with Crippen molar-refractivity contribution in [2.75, 3.05) is 0 Å². The Kier molecular flexibility index (Phi) is 4.62. The van der Waals surface area contributed by atoms with Crippen LogP contribution in [0.1, 0.15) is 0 Å². The normalized spacial score (nSPS) is 13.0. The third kappa shape index (κ3) is 4.27. The highest BCUT2D eigenvalue weighted by molar-refractivity contribution is 9.25. The van der Waals surface area contributed by atoms with E-state index in [-0.39, 0.29) is 0 Å². The Balaban J connectivity index is 4.61. The number of hydrogen-bond donors (Lipinski definition) is 0. The summed E-state index contributed by atoms with van der Waals surface area (Å²) in [6.07, 6.45) is -1.48. The molecule has 0 aliphatic rings. The first-order chi connectivity index (χ1) is 4.67. The van der Waals surface area contributed by atoms with Crippen LogP contribution in [0.2, 0.25) is 0 Å². The fourth-order valence-corrected chi connectivity index (χ4v) is 0.729. The van der Waals surface area contributed by atoms with Gasteiger partial charge in [0, 0.05) is 6.08 Å². The number of hydrogen-bond acceptors (Lipinski definition) is 0. The second-order valence-corrected chi connectivity index (χ2v) is 7.40. The molecule has 0 aliphatic carbocycles. The molecule has 0 fully saturated rings. The summed E-state index contributed by atoms with van der Waals surface area (Å²) < 4.78 is 20.0. The lowest BCUT2D eigenvalue weighted by Gasteiger charge is -2.23. The van der Waals surface area contributed by atoms with Gasteiger partial charge in [-0.05, 0) is 0 Å². The fraction of sp³-hybridized carbons (Fsp3) is 0.500. The van der Waals surface area contributed by atoms with Crippen molar-refractivity contribution in [2.45, 2.75) is 7.03 Å². The van der Waals surface area contributed by atoms with Crippen LogP contribution in [0.25, 0.3) is 0 Å². The van der Waals surface area contributed by atoms with E-state index in [2.05, 4.69) is 31.9 Å². The van der Waals surface area contributed by atoms with Gasteiger partial charge in [-0.1, -0.05) is 66.7 Å². The summed E-state index contributed by atoms with van der Waals surface area (Å²) in [5, 5.41) is 0. The molecule has 66 valence electrons. The van der Waals surface area contributed by atoms with Crippen molar-refractivity contribution in [3.63, 3.8) is 0 Å². The van der Waals surface area contributed by atoms with Gasteiger partial charge in [0.25, 0.3) is 6.08 Å². The minimum atomic E-state index is -1.94. The lowest BCUT2D eigenvalue weighted by atomic mass is 10.4. The molecule has 0 aromatic heterocycles. The molecule has 0 heterocycles. The molecule has 0 aliphatic heterocycles. The zero-order valence-electron chi connectivity index (χ0n) is 4.72. The van der Waals surface area contributed by atoms with Gasteiger partial charge in [-0.2, -0.15) is 8.78 Å². The van der Waals surface area contributed by atoms with Crippen molar-refractivity contribution in [1.82, 2.24) is 0 Å². The molecule has 0 spiro atoms. The van der Waals surface area contributed by atoms with E-state index in [0.717, 1.165) is 0 Å². The molecule has 0 unspecified atom stereocenters. The molecule has 11 heavy (non-hydrogen) atoms. The van der Waals surface area contributed by atoms with Gasteiger partial charge in [0.15, 0.2) is 3.23 Å². The second kappa shape index (κ2) is 4.09. The third-order valence-electron chi connectivity index (χ3n) is 0.668. The zero-order chi connectivity index (χ0) is 9.28. The van der Waals surface area contributed by atoms with Crippen molar-refractivity contribution in [3.8, 4) is 0 Å². The lowest BCUT2D eigenvalue weighted by Crippen LogP contribution is -2.27. The van der Waals surface area contributed by atoms with Crippen molar-refractivity contribution in [3.05, 3.63) is 12.2 Å². The standard InChI is InChI=1S/C4HBr2Cl3F2/c5-3(6,1-2(10)11)4(7,8)9/h1H. The van der Waals surface area contributed by atoms with E-state index in [1.54, 1.807) is 0 Å². The van der Waals surface area contributed by atoms with Crippen LogP contribution in [0.15, 0.2) is 12.2 Å². The molecule has 0 radical (unpaired) electrons. The van der Waals surface area contributed by atoms with Gasteiger partial charge in [0.1, 0.15) is 0 Å². The van der Waals surface area contributed by atoms with Crippen LogP contribution in [0, 0.1) is 0 Å². The van der Waals surface area contributed by atoms with E-state index in [4.69, 9.17) is 34.8 Å². The highest BCUT2D eigenvalue weighted by Gasteiger charge is 2.43. The monoisotopic (exact) mass is 350 g/mol. The Morgan fingerprint density at radius 1 is 1.18 bits per heavy atom. The Hall–Kier alpha value is 1.43. The molecule has 0 aromatic rings. The zero-order valence-corrected chi connectivity index (χ0v) is 10.2.